The molecule has 0 bridgehead atoms. The number of nitrogens with one attached hydrogen (secondary N) is 3. The summed E-state index contributed by atoms with van der Waals surface area (Å²) in [5, 5.41) is 9.31. The van der Waals surface area contributed by atoms with Crippen LogP contribution in [0.3, 0.4) is 0 Å². The van der Waals surface area contributed by atoms with Crippen molar-refractivity contribution < 1.29 is 66.6 Å². The Labute approximate surface area is 411 Å². The number of epoxide rings is 1. The highest BCUT2D eigenvalue weighted by atomic mass is 35.5. The second kappa shape index (κ2) is 30.0. The van der Waals surface area contributed by atoms with E-state index in [2.05, 4.69) is 22.5 Å². The van der Waals surface area contributed by atoms with Gasteiger partial charge in [-0.15, -0.1) is 0 Å². The lowest BCUT2D eigenvalue weighted by Crippen LogP contribution is -2.51. The summed E-state index contributed by atoms with van der Waals surface area (Å²) in [6, 6.07) is 12.2. The monoisotopic (exact) mass is 985 g/mol. The molecule has 69 heavy (non-hydrogen) atoms. The molecule has 2 heterocycles. The molecule has 17 nitrogen and oxygen atoms in total. The van der Waals surface area contributed by atoms with E-state index < -0.39 is 47.4 Å². The lowest BCUT2D eigenvalue weighted by atomic mass is 9.92. The van der Waals surface area contributed by atoms with Gasteiger partial charge in [-0.25, -0.2) is 4.79 Å². The van der Waals surface area contributed by atoms with Crippen LogP contribution in [0.1, 0.15) is 76.7 Å². The van der Waals surface area contributed by atoms with E-state index in [0.29, 0.717) is 75.7 Å². The van der Waals surface area contributed by atoms with E-state index >= 15 is 0 Å². The van der Waals surface area contributed by atoms with Gasteiger partial charge in [0.25, 0.3) is 0 Å². The van der Waals surface area contributed by atoms with E-state index in [1.165, 1.54) is 19.3 Å². The average Bonchev–Trinajstić information content (AvgIpc) is 4.12. The molecule has 6 atom stereocenters. The standard InChI is InChI=1S/C51H72ClN3O14/c1-8-20-66-45(57)18-21-62-23-25-64-27-28-65-26-24-63-22-19-53-32-36-12-15-38(16-13-36)47-46(69-47)35(4)41-10-9-11-44(56)55-40(31-37-14-17-42(61-7)39(52)30-37)48(58)54-33-51(5,6)50(60)68-43(29-34(2)3)49(59)67-41/h8-9,11-17,30,34-35,40-41,43,46-47,53H,1,10,18-29,31-33H2,2-7H3,(H,54,58)(H,55,56)/b11-9+/t35-,40+,41-,43-,46+,47+/m0/s1. The molecule has 1 saturated heterocycles. The van der Waals surface area contributed by atoms with Gasteiger partial charge in [0, 0.05) is 38.4 Å². The molecule has 2 aromatic carbocycles. The van der Waals surface area contributed by atoms with Gasteiger partial charge >= 0.3 is 17.9 Å². The summed E-state index contributed by atoms with van der Waals surface area (Å²) in [5.41, 5.74) is 1.50. The van der Waals surface area contributed by atoms with Gasteiger partial charge in [-0.1, -0.05) is 81.4 Å². The minimum atomic E-state index is -1.23. The number of halogens is 1. The van der Waals surface area contributed by atoms with Crippen LogP contribution in [0.4, 0.5) is 0 Å². The molecule has 2 amide bonds. The quantitative estimate of drug-likeness (QED) is 0.0337. The minimum Gasteiger partial charge on any atom is -0.495 e. The molecule has 0 aromatic heterocycles. The van der Waals surface area contributed by atoms with Crippen molar-refractivity contribution in [2.75, 3.05) is 79.7 Å². The van der Waals surface area contributed by atoms with Gasteiger partial charge in [0.2, 0.25) is 11.8 Å². The highest BCUT2D eigenvalue weighted by molar-refractivity contribution is 6.32. The van der Waals surface area contributed by atoms with Crippen LogP contribution in [-0.2, 0) is 74.8 Å². The van der Waals surface area contributed by atoms with Crippen molar-refractivity contribution in [3.63, 3.8) is 0 Å². The molecule has 4 rings (SSSR count). The molecule has 0 saturated carbocycles. The summed E-state index contributed by atoms with van der Waals surface area (Å²) >= 11 is 6.37. The zero-order valence-corrected chi connectivity index (χ0v) is 41.7. The summed E-state index contributed by atoms with van der Waals surface area (Å²) in [6.45, 7) is 17.2. The Morgan fingerprint density at radius 2 is 1.57 bits per heavy atom. The second-order valence-corrected chi connectivity index (χ2v) is 18.3. The molecule has 0 aliphatic carbocycles. The molecule has 2 aliphatic rings. The summed E-state index contributed by atoms with van der Waals surface area (Å²) in [5.74, 6) is -2.60. The van der Waals surface area contributed by atoms with Crippen LogP contribution in [0.2, 0.25) is 5.02 Å². The van der Waals surface area contributed by atoms with Crippen LogP contribution >= 0.6 is 11.6 Å². The van der Waals surface area contributed by atoms with Crippen LogP contribution in [0.25, 0.3) is 0 Å². The maximum Gasteiger partial charge on any atom is 0.347 e. The van der Waals surface area contributed by atoms with E-state index in [1.807, 2.05) is 45.0 Å². The first-order chi connectivity index (χ1) is 33.1. The van der Waals surface area contributed by atoms with Gasteiger partial charge in [-0.05, 0) is 61.1 Å². The van der Waals surface area contributed by atoms with Gasteiger partial charge in [-0.2, -0.15) is 0 Å². The molecule has 382 valence electrons. The van der Waals surface area contributed by atoms with Crippen LogP contribution < -0.4 is 20.7 Å². The van der Waals surface area contributed by atoms with Gasteiger partial charge in [0.15, 0.2) is 6.10 Å². The number of methoxy groups -OCH3 is 1. The van der Waals surface area contributed by atoms with Crippen molar-refractivity contribution in [2.24, 2.45) is 17.3 Å². The normalized spacial score (nSPS) is 21.9. The smallest absolute Gasteiger partial charge is 0.347 e. The topological polar surface area (TPSA) is 208 Å². The molecule has 1 fully saturated rings. The van der Waals surface area contributed by atoms with E-state index in [9.17, 15) is 24.0 Å². The van der Waals surface area contributed by atoms with Crippen molar-refractivity contribution in [3.8, 4) is 5.75 Å². The predicted molar refractivity (Wildman–Crippen MR) is 257 cm³/mol. The Kier molecular flexibility index (Phi) is 24.6. The molecule has 2 aliphatic heterocycles. The lowest BCUT2D eigenvalue weighted by molar-refractivity contribution is -0.179. The van der Waals surface area contributed by atoms with Crippen LogP contribution in [0.5, 0.6) is 5.75 Å². The van der Waals surface area contributed by atoms with Crippen molar-refractivity contribution in [1.82, 2.24) is 16.0 Å². The third-order valence-corrected chi connectivity index (χ3v) is 11.6. The van der Waals surface area contributed by atoms with Crippen LogP contribution in [0, 0.1) is 17.3 Å². The van der Waals surface area contributed by atoms with Crippen molar-refractivity contribution in [3.05, 3.63) is 89.0 Å². The number of amides is 2. The fraction of sp³-hybridized carbons (Fsp3) is 0.588. The van der Waals surface area contributed by atoms with Crippen molar-refractivity contribution >= 4 is 41.3 Å². The first-order valence-electron chi connectivity index (χ1n) is 23.6. The number of hydrogen-bond donors (Lipinski definition) is 3. The van der Waals surface area contributed by atoms with Gasteiger partial charge < -0.3 is 58.6 Å². The highest BCUT2D eigenvalue weighted by Gasteiger charge is 2.48. The van der Waals surface area contributed by atoms with E-state index in [1.54, 1.807) is 38.1 Å². The van der Waals surface area contributed by atoms with Crippen LogP contribution in [-0.4, -0.2) is 134 Å². The number of carbonyl (C=O) groups is 5. The predicted octanol–water partition coefficient (Wildman–Crippen LogP) is 5.40. The number of benzene rings is 2. The average molecular weight is 987 g/mol. The number of ether oxygens (including phenoxy) is 9. The van der Waals surface area contributed by atoms with Gasteiger partial charge in [0.05, 0.1) is 82.9 Å². The highest BCUT2D eigenvalue weighted by Crippen LogP contribution is 2.45. The number of hydrogen-bond acceptors (Lipinski definition) is 15. The molecule has 0 spiro atoms. The summed E-state index contributed by atoms with van der Waals surface area (Å²) in [7, 11) is 1.50. The van der Waals surface area contributed by atoms with Crippen molar-refractivity contribution in [1.29, 1.82) is 0 Å². The van der Waals surface area contributed by atoms with E-state index in [-0.39, 0.29) is 75.5 Å². The fourth-order valence-corrected chi connectivity index (χ4v) is 7.45. The third-order valence-electron chi connectivity index (χ3n) is 11.3. The number of esters is 3. The summed E-state index contributed by atoms with van der Waals surface area (Å²) in [4.78, 5) is 65.8. The Morgan fingerprint density at radius 3 is 2.20 bits per heavy atom. The third kappa shape index (κ3) is 20.5. The molecule has 3 N–H and O–H groups in total. The number of carbonyl (C=O) groups excluding carboxylic acids is 5. The maximum atomic E-state index is 13.9. The zero-order valence-electron chi connectivity index (χ0n) is 40.9. The molecule has 0 radical (unpaired) electrons. The fourth-order valence-electron chi connectivity index (χ4n) is 7.17. The summed E-state index contributed by atoms with van der Waals surface area (Å²) < 4.78 is 50.4. The Balaban J connectivity index is 1.26. The largest absolute Gasteiger partial charge is 0.495 e. The minimum absolute atomic E-state index is 0.0140. The zero-order chi connectivity index (χ0) is 50.2. The first-order valence-corrected chi connectivity index (χ1v) is 24.0. The molecular formula is C51H72ClN3O14. The SMILES string of the molecule is C=CCOC(=O)CCOCCOCCOCCOCCNCc1ccc([C@H]2O[C@@H]2[C@@H](C)[C@@H]2C/C=C/C(=O)N[C@H](Cc3ccc(OC)c(Cl)c3)C(=O)NCC(C)(C)C(=O)O[C@@H](CC(C)C)C(=O)O2)cc1. The Hall–Kier alpha value is -4.88. The molecular weight excluding hydrogens is 914 g/mol. The number of rotatable bonds is 27. The molecule has 2 aromatic rings. The second-order valence-electron chi connectivity index (χ2n) is 17.9. The summed E-state index contributed by atoms with van der Waals surface area (Å²) in [6.07, 6.45) is 2.66. The van der Waals surface area contributed by atoms with Gasteiger partial charge in [0.1, 0.15) is 30.6 Å². The first kappa shape index (κ1) is 56.7. The van der Waals surface area contributed by atoms with E-state index in [0.717, 1.165) is 11.1 Å². The van der Waals surface area contributed by atoms with Crippen molar-refractivity contribution in [2.45, 2.75) is 97.3 Å². The van der Waals surface area contributed by atoms with E-state index in [4.69, 9.17) is 54.2 Å². The Morgan fingerprint density at radius 1 is 0.913 bits per heavy atom. The molecule has 18 heteroatoms. The number of cyclic esters (lactones) is 2. The van der Waals surface area contributed by atoms with Crippen LogP contribution in [0.15, 0.2) is 67.3 Å². The Bertz CT molecular complexity index is 1980. The lowest BCUT2D eigenvalue weighted by Gasteiger charge is -2.29. The van der Waals surface area contributed by atoms with Gasteiger partial charge in [-0.3, -0.25) is 19.2 Å². The maximum absolute atomic E-state index is 13.9. The molecule has 0 unspecified atom stereocenters.